The SMILES string of the molecule is O=[N+]([O-])c1ccc(C[C@@H](CO)N(Cc2ccccc2)C[C@H](O)COc2ccc(OCc3ccccc3)cc2)cc1. The third kappa shape index (κ3) is 8.91. The van der Waals surface area contributed by atoms with Crippen molar-refractivity contribution in [2.45, 2.75) is 31.7 Å². The summed E-state index contributed by atoms with van der Waals surface area (Å²) in [6.45, 7) is 1.20. The molecule has 4 aromatic carbocycles. The van der Waals surface area contributed by atoms with Crippen LogP contribution in [0.1, 0.15) is 16.7 Å². The maximum absolute atomic E-state index is 11.0. The standard InChI is InChI=1S/C32H34N2O6/c35-22-29(19-25-11-13-28(14-12-25)34(37)38)33(20-26-7-3-1-4-8-26)21-30(36)24-40-32-17-15-31(16-18-32)39-23-27-9-5-2-6-10-27/h1-18,29-30,35-36H,19-24H2/t29-,30-/m0/s1. The van der Waals surface area contributed by atoms with Crippen LogP contribution in [0.4, 0.5) is 5.69 Å². The Hall–Kier alpha value is -4.24. The third-order valence-corrected chi connectivity index (χ3v) is 6.53. The zero-order valence-electron chi connectivity index (χ0n) is 22.2. The molecule has 8 heteroatoms. The monoisotopic (exact) mass is 542 g/mol. The van der Waals surface area contributed by atoms with Crippen LogP contribution in [0.2, 0.25) is 0 Å². The van der Waals surface area contributed by atoms with Crippen LogP contribution in [0.5, 0.6) is 11.5 Å². The average molecular weight is 543 g/mol. The summed E-state index contributed by atoms with van der Waals surface area (Å²) in [5, 5.41) is 32.1. The smallest absolute Gasteiger partial charge is 0.269 e. The highest BCUT2D eigenvalue weighted by atomic mass is 16.6. The highest BCUT2D eigenvalue weighted by Gasteiger charge is 2.22. The Morgan fingerprint density at radius 3 is 1.90 bits per heavy atom. The lowest BCUT2D eigenvalue weighted by Crippen LogP contribution is -2.44. The van der Waals surface area contributed by atoms with Crippen molar-refractivity contribution in [1.82, 2.24) is 4.90 Å². The fourth-order valence-electron chi connectivity index (χ4n) is 4.38. The maximum atomic E-state index is 11.0. The first-order valence-corrected chi connectivity index (χ1v) is 13.2. The van der Waals surface area contributed by atoms with Gasteiger partial charge in [0.2, 0.25) is 0 Å². The van der Waals surface area contributed by atoms with Crippen LogP contribution in [0.3, 0.4) is 0 Å². The van der Waals surface area contributed by atoms with Gasteiger partial charge in [0.05, 0.1) is 11.5 Å². The lowest BCUT2D eigenvalue weighted by molar-refractivity contribution is -0.384. The molecule has 0 unspecified atom stereocenters. The van der Waals surface area contributed by atoms with E-state index in [4.69, 9.17) is 9.47 Å². The molecule has 0 spiro atoms. The summed E-state index contributed by atoms with van der Waals surface area (Å²) in [5.41, 5.74) is 3.02. The first-order chi connectivity index (χ1) is 19.5. The molecule has 0 heterocycles. The van der Waals surface area contributed by atoms with E-state index in [9.17, 15) is 20.3 Å². The molecule has 2 atom stereocenters. The second-order valence-electron chi connectivity index (χ2n) is 9.59. The molecular formula is C32H34N2O6. The lowest BCUT2D eigenvalue weighted by Gasteiger charge is -2.32. The molecule has 0 radical (unpaired) electrons. The van der Waals surface area contributed by atoms with Crippen molar-refractivity contribution in [1.29, 1.82) is 0 Å². The third-order valence-electron chi connectivity index (χ3n) is 6.53. The zero-order chi connectivity index (χ0) is 28.2. The average Bonchev–Trinajstić information content (AvgIpc) is 2.99. The number of non-ortho nitro benzene ring substituents is 1. The molecule has 0 aliphatic heterocycles. The Balaban J connectivity index is 1.35. The summed E-state index contributed by atoms with van der Waals surface area (Å²) in [4.78, 5) is 12.6. The molecule has 208 valence electrons. The van der Waals surface area contributed by atoms with Gasteiger partial charge in [0, 0.05) is 31.3 Å². The lowest BCUT2D eigenvalue weighted by atomic mass is 10.0. The molecular weight excluding hydrogens is 508 g/mol. The normalized spacial score (nSPS) is 12.6. The molecule has 8 nitrogen and oxygen atoms in total. The van der Waals surface area contributed by atoms with Crippen molar-refractivity contribution in [3.8, 4) is 11.5 Å². The van der Waals surface area contributed by atoms with Gasteiger partial charge in [-0.05, 0) is 47.4 Å². The van der Waals surface area contributed by atoms with Crippen LogP contribution in [0.25, 0.3) is 0 Å². The van der Waals surface area contributed by atoms with E-state index in [1.807, 2.05) is 77.7 Å². The van der Waals surface area contributed by atoms with Crippen LogP contribution in [-0.4, -0.2) is 51.9 Å². The van der Waals surface area contributed by atoms with Crippen molar-refractivity contribution in [2.75, 3.05) is 19.8 Å². The predicted molar refractivity (Wildman–Crippen MR) is 153 cm³/mol. The minimum absolute atomic E-state index is 0.0220. The van der Waals surface area contributed by atoms with Gasteiger partial charge in [-0.3, -0.25) is 15.0 Å². The molecule has 0 aliphatic carbocycles. The van der Waals surface area contributed by atoms with Crippen molar-refractivity contribution >= 4 is 5.69 Å². The predicted octanol–water partition coefficient (Wildman–Crippen LogP) is 5.02. The fourth-order valence-corrected chi connectivity index (χ4v) is 4.38. The number of nitrogens with zero attached hydrogens (tertiary/aromatic N) is 2. The molecule has 0 aliphatic rings. The second-order valence-corrected chi connectivity index (χ2v) is 9.59. The summed E-state index contributed by atoms with van der Waals surface area (Å²) < 4.78 is 11.7. The topological polar surface area (TPSA) is 105 Å². The summed E-state index contributed by atoms with van der Waals surface area (Å²) >= 11 is 0. The van der Waals surface area contributed by atoms with E-state index in [2.05, 4.69) is 0 Å². The van der Waals surface area contributed by atoms with E-state index in [-0.39, 0.29) is 31.5 Å². The molecule has 0 saturated carbocycles. The van der Waals surface area contributed by atoms with Crippen molar-refractivity contribution in [2.24, 2.45) is 0 Å². The van der Waals surface area contributed by atoms with Crippen LogP contribution in [0.15, 0.2) is 109 Å². The van der Waals surface area contributed by atoms with Crippen LogP contribution < -0.4 is 9.47 Å². The van der Waals surface area contributed by atoms with Gasteiger partial charge in [0.1, 0.15) is 30.8 Å². The van der Waals surface area contributed by atoms with Gasteiger partial charge in [0.25, 0.3) is 5.69 Å². The van der Waals surface area contributed by atoms with Gasteiger partial charge in [-0.2, -0.15) is 0 Å². The molecule has 40 heavy (non-hydrogen) atoms. The Morgan fingerprint density at radius 2 is 1.32 bits per heavy atom. The number of hydrogen-bond acceptors (Lipinski definition) is 7. The van der Waals surface area contributed by atoms with E-state index in [0.29, 0.717) is 25.3 Å². The highest BCUT2D eigenvalue weighted by molar-refractivity contribution is 5.33. The number of benzene rings is 4. The Morgan fingerprint density at radius 1 is 0.750 bits per heavy atom. The van der Waals surface area contributed by atoms with Gasteiger partial charge in [0.15, 0.2) is 0 Å². The molecule has 0 fully saturated rings. The first kappa shape index (κ1) is 28.8. The Kier molecular flexibility index (Phi) is 10.6. The summed E-state index contributed by atoms with van der Waals surface area (Å²) in [7, 11) is 0. The minimum atomic E-state index is -0.816. The number of nitro benzene ring substituents is 1. The molecule has 4 aromatic rings. The Bertz CT molecular complexity index is 1300. The molecule has 2 N–H and O–H groups in total. The van der Waals surface area contributed by atoms with E-state index in [0.717, 1.165) is 22.4 Å². The maximum Gasteiger partial charge on any atom is 0.269 e. The zero-order valence-corrected chi connectivity index (χ0v) is 22.2. The van der Waals surface area contributed by atoms with Crippen LogP contribution in [0, 0.1) is 10.1 Å². The largest absolute Gasteiger partial charge is 0.491 e. The minimum Gasteiger partial charge on any atom is -0.491 e. The molecule has 0 amide bonds. The number of ether oxygens (including phenoxy) is 2. The van der Waals surface area contributed by atoms with Gasteiger partial charge in [-0.15, -0.1) is 0 Å². The van der Waals surface area contributed by atoms with Crippen molar-refractivity contribution in [3.63, 3.8) is 0 Å². The summed E-state index contributed by atoms with van der Waals surface area (Å²) in [6, 6.07) is 33.1. The molecule has 4 rings (SSSR count). The first-order valence-electron chi connectivity index (χ1n) is 13.2. The number of aliphatic hydroxyl groups excluding tert-OH is 2. The Labute approximate surface area is 234 Å². The van der Waals surface area contributed by atoms with Crippen molar-refractivity contribution < 1.29 is 24.6 Å². The van der Waals surface area contributed by atoms with Gasteiger partial charge in [-0.1, -0.05) is 72.8 Å². The number of hydrogen-bond donors (Lipinski definition) is 2. The molecule has 0 saturated heterocycles. The van der Waals surface area contributed by atoms with Crippen LogP contribution >= 0.6 is 0 Å². The van der Waals surface area contributed by atoms with E-state index >= 15 is 0 Å². The number of nitro groups is 1. The van der Waals surface area contributed by atoms with E-state index in [1.54, 1.807) is 24.3 Å². The van der Waals surface area contributed by atoms with Crippen LogP contribution in [-0.2, 0) is 19.6 Å². The van der Waals surface area contributed by atoms with Crippen molar-refractivity contribution in [3.05, 3.63) is 136 Å². The molecule has 0 aromatic heterocycles. The summed E-state index contributed by atoms with van der Waals surface area (Å²) in [6.07, 6.45) is -0.345. The highest BCUT2D eigenvalue weighted by Crippen LogP contribution is 2.20. The van der Waals surface area contributed by atoms with E-state index in [1.165, 1.54) is 12.1 Å². The van der Waals surface area contributed by atoms with Gasteiger partial charge in [-0.25, -0.2) is 0 Å². The van der Waals surface area contributed by atoms with E-state index < -0.39 is 11.0 Å². The quantitative estimate of drug-likeness (QED) is 0.161. The fraction of sp³-hybridized carbons (Fsp3) is 0.250. The number of aliphatic hydroxyl groups is 2. The molecule has 0 bridgehead atoms. The summed E-state index contributed by atoms with van der Waals surface area (Å²) in [5.74, 6) is 1.34. The second kappa shape index (κ2) is 14.8. The van der Waals surface area contributed by atoms with Gasteiger partial charge < -0.3 is 19.7 Å². The number of rotatable bonds is 15. The van der Waals surface area contributed by atoms with Gasteiger partial charge >= 0.3 is 0 Å².